The first-order chi connectivity index (χ1) is 5.74. The van der Waals surface area contributed by atoms with E-state index in [9.17, 15) is 0 Å². The molecular formula is C10H11ClO. The summed E-state index contributed by atoms with van der Waals surface area (Å²) in [5, 5.41) is 9.38. The number of rotatable bonds is 2. The molecule has 1 N–H and O–H groups in total. The minimum absolute atomic E-state index is 0.0678. The Balaban J connectivity index is 2.95. The van der Waals surface area contributed by atoms with Gasteiger partial charge in [-0.3, -0.25) is 0 Å². The summed E-state index contributed by atoms with van der Waals surface area (Å²) in [5.74, 6) is 0. The topological polar surface area (TPSA) is 20.2 Å². The van der Waals surface area contributed by atoms with Gasteiger partial charge >= 0.3 is 0 Å². The van der Waals surface area contributed by atoms with Crippen LogP contribution in [-0.4, -0.2) is 11.7 Å². The molecule has 0 aliphatic heterocycles. The van der Waals surface area contributed by atoms with Gasteiger partial charge in [0.05, 0.1) is 6.61 Å². The molecule has 0 atom stereocenters. The van der Waals surface area contributed by atoms with Crippen LogP contribution in [-0.2, 0) is 0 Å². The normalized spacial score (nSPS) is 11.8. The Morgan fingerprint density at radius 2 is 2.33 bits per heavy atom. The summed E-state index contributed by atoms with van der Waals surface area (Å²) in [4.78, 5) is 0. The fourth-order valence-electron chi connectivity index (χ4n) is 0.989. The second kappa shape index (κ2) is 4.29. The fourth-order valence-corrected chi connectivity index (χ4v) is 1.18. The van der Waals surface area contributed by atoms with E-state index in [-0.39, 0.29) is 6.61 Å². The van der Waals surface area contributed by atoms with E-state index in [1.54, 1.807) is 6.08 Å². The van der Waals surface area contributed by atoms with Crippen LogP contribution in [0.15, 0.2) is 30.3 Å². The molecule has 0 radical (unpaired) electrons. The van der Waals surface area contributed by atoms with Crippen molar-refractivity contribution < 1.29 is 5.11 Å². The van der Waals surface area contributed by atoms with Gasteiger partial charge in [0, 0.05) is 5.02 Å². The SMILES string of the molecule is CC(=CCO)c1cccc(Cl)c1. The van der Waals surface area contributed by atoms with Crippen LogP contribution in [0.5, 0.6) is 0 Å². The molecule has 1 aromatic rings. The van der Waals surface area contributed by atoms with Gasteiger partial charge in [-0.1, -0.05) is 29.8 Å². The highest BCUT2D eigenvalue weighted by molar-refractivity contribution is 6.30. The minimum Gasteiger partial charge on any atom is -0.392 e. The third kappa shape index (κ3) is 2.36. The highest BCUT2D eigenvalue weighted by atomic mass is 35.5. The second-order valence-electron chi connectivity index (χ2n) is 2.58. The molecule has 0 aliphatic carbocycles. The van der Waals surface area contributed by atoms with E-state index in [1.807, 2.05) is 31.2 Å². The summed E-state index contributed by atoms with van der Waals surface area (Å²) in [7, 11) is 0. The molecule has 0 fully saturated rings. The van der Waals surface area contributed by atoms with Crippen molar-refractivity contribution in [3.63, 3.8) is 0 Å². The summed E-state index contributed by atoms with van der Waals surface area (Å²) in [6.45, 7) is 2.01. The Bertz CT molecular complexity index is 292. The first kappa shape index (κ1) is 9.30. The van der Waals surface area contributed by atoms with Gasteiger partial charge in [0.1, 0.15) is 0 Å². The summed E-state index contributed by atoms with van der Waals surface area (Å²) >= 11 is 5.80. The van der Waals surface area contributed by atoms with Crippen LogP contribution in [0.1, 0.15) is 12.5 Å². The summed E-state index contributed by atoms with van der Waals surface area (Å²) in [5.41, 5.74) is 2.09. The Morgan fingerprint density at radius 1 is 1.58 bits per heavy atom. The molecule has 0 saturated carbocycles. The summed E-state index contributed by atoms with van der Waals surface area (Å²) in [6, 6.07) is 7.57. The van der Waals surface area contributed by atoms with Gasteiger partial charge in [0.2, 0.25) is 0 Å². The van der Waals surface area contributed by atoms with Crippen LogP contribution in [0.2, 0.25) is 5.02 Å². The van der Waals surface area contributed by atoms with Crippen molar-refractivity contribution in [2.75, 3.05) is 6.61 Å². The molecule has 12 heavy (non-hydrogen) atoms. The number of allylic oxidation sites excluding steroid dienone is 1. The molecule has 0 spiro atoms. The maximum atomic E-state index is 8.66. The van der Waals surface area contributed by atoms with E-state index in [0.717, 1.165) is 16.2 Å². The Morgan fingerprint density at radius 3 is 2.92 bits per heavy atom. The monoisotopic (exact) mass is 182 g/mol. The number of hydrogen-bond acceptors (Lipinski definition) is 1. The molecule has 0 aromatic heterocycles. The molecule has 0 saturated heterocycles. The van der Waals surface area contributed by atoms with Crippen molar-refractivity contribution in [2.45, 2.75) is 6.92 Å². The average molecular weight is 183 g/mol. The maximum Gasteiger partial charge on any atom is 0.0618 e. The minimum atomic E-state index is 0.0678. The number of halogens is 1. The van der Waals surface area contributed by atoms with E-state index in [4.69, 9.17) is 16.7 Å². The van der Waals surface area contributed by atoms with E-state index < -0.39 is 0 Å². The molecule has 2 heteroatoms. The van der Waals surface area contributed by atoms with Crippen molar-refractivity contribution >= 4 is 17.2 Å². The van der Waals surface area contributed by atoms with E-state index in [0.29, 0.717) is 0 Å². The quantitative estimate of drug-likeness (QED) is 0.746. The zero-order valence-electron chi connectivity index (χ0n) is 6.92. The Hall–Kier alpha value is -0.790. The van der Waals surface area contributed by atoms with Crippen LogP contribution >= 0.6 is 11.6 Å². The van der Waals surface area contributed by atoms with Crippen molar-refractivity contribution in [1.29, 1.82) is 0 Å². The van der Waals surface area contributed by atoms with Crippen LogP contribution in [0, 0.1) is 0 Å². The van der Waals surface area contributed by atoms with Gasteiger partial charge in [0.15, 0.2) is 0 Å². The van der Waals surface area contributed by atoms with Gasteiger partial charge < -0.3 is 5.11 Å². The molecule has 64 valence electrons. The van der Waals surface area contributed by atoms with Gasteiger partial charge in [-0.2, -0.15) is 0 Å². The van der Waals surface area contributed by atoms with Gasteiger partial charge in [0.25, 0.3) is 0 Å². The standard InChI is InChI=1S/C10H11ClO/c1-8(5-6-12)9-3-2-4-10(11)7-9/h2-5,7,12H,6H2,1H3. The van der Waals surface area contributed by atoms with Crippen LogP contribution in [0.3, 0.4) is 0 Å². The molecule has 1 aromatic carbocycles. The molecule has 0 bridgehead atoms. The lowest BCUT2D eigenvalue weighted by atomic mass is 10.1. The Kier molecular flexibility index (Phi) is 3.32. The first-order valence-electron chi connectivity index (χ1n) is 3.77. The predicted molar refractivity (Wildman–Crippen MR) is 52.2 cm³/mol. The van der Waals surface area contributed by atoms with E-state index >= 15 is 0 Å². The van der Waals surface area contributed by atoms with Crippen LogP contribution in [0.25, 0.3) is 5.57 Å². The number of hydrogen-bond donors (Lipinski definition) is 1. The van der Waals surface area contributed by atoms with Crippen LogP contribution in [0.4, 0.5) is 0 Å². The lowest BCUT2D eigenvalue weighted by molar-refractivity contribution is 0.343. The predicted octanol–water partition coefficient (Wildman–Crippen LogP) is 2.74. The second-order valence-corrected chi connectivity index (χ2v) is 3.02. The third-order valence-electron chi connectivity index (χ3n) is 1.68. The summed E-state index contributed by atoms with van der Waals surface area (Å²) < 4.78 is 0. The lowest BCUT2D eigenvalue weighted by Crippen LogP contribution is -1.81. The molecule has 0 amide bonds. The number of aliphatic hydroxyl groups is 1. The highest BCUT2D eigenvalue weighted by Gasteiger charge is 1.94. The zero-order chi connectivity index (χ0) is 8.97. The zero-order valence-corrected chi connectivity index (χ0v) is 7.67. The van der Waals surface area contributed by atoms with Crippen molar-refractivity contribution in [1.82, 2.24) is 0 Å². The van der Waals surface area contributed by atoms with Crippen molar-refractivity contribution in [3.05, 3.63) is 40.9 Å². The smallest absolute Gasteiger partial charge is 0.0618 e. The molecular weight excluding hydrogens is 172 g/mol. The average Bonchev–Trinajstić information content (AvgIpc) is 2.05. The third-order valence-corrected chi connectivity index (χ3v) is 1.91. The number of benzene rings is 1. The lowest BCUT2D eigenvalue weighted by Gasteiger charge is -2.00. The molecule has 1 nitrogen and oxygen atoms in total. The van der Waals surface area contributed by atoms with Gasteiger partial charge in [-0.15, -0.1) is 0 Å². The van der Waals surface area contributed by atoms with Gasteiger partial charge in [-0.25, -0.2) is 0 Å². The van der Waals surface area contributed by atoms with Crippen molar-refractivity contribution in [2.24, 2.45) is 0 Å². The fraction of sp³-hybridized carbons (Fsp3) is 0.200. The number of aliphatic hydroxyl groups excluding tert-OH is 1. The van der Waals surface area contributed by atoms with E-state index in [2.05, 4.69) is 0 Å². The largest absolute Gasteiger partial charge is 0.392 e. The molecule has 0 heterocycles. The van der Waals surface area contributed by atoms with Gasteiger partial charge in [-0.05, 0) is 30.2 Å². The molecule has 0 aliphatic rings. The molecule has 1 rings (SSSR count). The van der Waals surface area contributed by atoms with E-state index in [1.165, 1.54) is 0 Å². The summed E-state index contributed by atoms with van der Waals surface area (Å²) in [6.07, 6.45) is 1.76. The van der Waals surface area contributed by atoms with Crippen LogP contribution < -0.4 is 0 Å². The highest BCUT2D eigenvalue weighted by Crippen LogP contribution is 2.17. The first-order valence-corrected chi connectivity index (χ1v) is 4.15. The maximum absolute atomic E-state index is 8.66. The molecule has 0 unspecified atom stereocenters. The van der Waals surface area contributed by atoms with Crippen molar-refractivity contribution in [3.8, 4) is 0 Å². The Labute approximate surface area is 77.3 Å².